The number of carboxylic acid groups (broad SMARTS) is 1. The first-order valence-electron chi connectivity index (χ1n) is 5.55. The third-order valence-electron chi connectivity index (χ3n) is 2.80. The highest BCUT2D eigenvalue weighted by Crippen LogP contribution is 2.19. The van der Waals surface area contributed by atoms with Crippen molar-refractivity contribution in [3.8, 4) is 0 Å². The number of hydrogen-bond acceptors (Lipinski definition) is 2. The van der Waals surface area contributed by atoms with Crippen molar-refractivity contribution in [3.05, 3.63) is 11.6 Å². The zero-order valence-electron chi connectivity index (χ0n) is 10.5. The molecule has 0 saturated heterocycles. The Morgan fingerprint density at radius 2 is 1.94 bits per heavy atom. The lowest BCUT2D eigenvalue weighted by Gasteiger charge is -2.23. The molecule has 0 aromatic carbocycles. The van der Waals surface area contributed by atoms with Gasteiger partial charge in [0, 0.05) is 12.1 Å². The molecule has 0 aromatic rings. The monoisotopic (exact) mass is 227 g/mol. The maximum absolute atomic E-state index is 11.5. The molecular weight excluding hydrogens is 206 g/mol. The minimum Gasteiger partial charge on any atom is -0.481 e. The third kappa shape index (κ3) is 4.04. The van der Waals surface area contributed by atoms with Crippen LogP contribution in [-0.4, -0.2) is 23.5 Å². The Balaban J connectivity index is 4.39. The number of nitrogens with one attached hydrogen (secondary N) is 1. The Morgan fingerprint density at radius 1 is 1.38 bits per heavy atom. The van der Waals surface area contributed by atoms with Gasteiger partial charge in [0.05, 0.1) is 5.41 Å². The SMILES string of the molecule is CC/C=C(/C)C(=O)NCC(C)(CC)C(=O)O. The van der Waals surface area contributed by atoms with Crippen molar-refractivity contribution in [3.63, 3.8) is 0 Å². The number of amides is 1. The van der Waals surface area contributed by atoms with Gasteiger partial charge in [0.1, 0.15) is 0 Å². The largest absolute Gasteiger partial charge is 0.481 e. The summed E-state index contributed by atoms with van der Waals surface area (Å²) in [6.07, 6.45) is 3.10. The summed E-state index contributed by atoms with van der Waals surface area (Å²) in [6.45, 7) is 7.27. The molecule has 0 aliphatic heterocycles. The van der Waals surface area contributed by atoms with Crippen LogP contribution in [0.5, 0.6) is 0 Å². The summed E-state index contributed by atoms with van der Waals surface area (Å²) < 4.78 is 0. The Labute approximate surface area is 96.7 Å². The van der Waals surface area contributed by atoms with Crippen LogP contribution in [0.4, 0.5) is 0 Å². The van der Waals surface area contributed by atoms with Gasteiger partial charge in [-0.25, -0.2) is 0 Å². The standard InChI is InChI=1S/C12H21NO3/c1-5-7-9(3)10(14)13-8-12(4,6-2)11(15)16/h7H,5-6,8H2,1-4H3,(H,13,14)(H,15,16)/b9-7-. The van der Waals surface area contributed by atoms with Crippen LogP contribution in [0.25, 0.3) is 0 Å². The smallest absolute Gasteiger partial charge is 0.311 e. The van der Waals surface area contributed by atoms with E-state index < -0.39 is 11.4 Å². The van der Waals surface area contributed by atoms with Gasteiger partial charge in [0.2, 0.25) is 5.91 Å². The zero-order valence-corrected chi connectivity index (χ0v) is 10.5. The molecule has 0 aliphatic rings. The van der Waals surface area contributed by atoms with Gasteiger partial charge in [-0.1, -0.05) is 19.9 Å². The molecule has 1 atom stereocenters. The van der Waals surface area contributed by atoms with Crippen LogP contribution < -0.4 is 5.32 Å². The van der Waals surface area contributed by atoms with Gasteiger partial charge in [0.15, 0.2) is 0 Å². The molecule has 0 aliphatic carbocycles. The van der Waals surface area contributed by atoms with Gasteiger partial charge in [-0.2, -0.15) is 0 Å². The van der Waals surface area contributed by atoms with Crippen molar-refractivity contribution in [2.45, 2.75) is 40.5 Å². The van der Waals surface area contributed by atoms with Crippen molar-refractivity contribution < 1.29 is 14.7 Å². The molecule has 16 heavy (non-hydrogen) atoms. The predicted octanol–water partition coefficient (Wildman–Crippen LogP) is 1.96. The molecule has 0 saturated carbocycles. The average molecular weight is 227 g/mol. The van der Waals surface area contributed by atoms with Crippen LogP contribution in [0.1, 0.15) is 40.5 Å². The third-order valence-corrected chi connectivity index (χ3v) is 2.80. The van der Waals surface area contributed by atoms with E-state index in [9.17, 15) is 9.59 Å². The number of carboxylic acids is 1. The summed E-state index contributed by atoms with van der Waals surface area (Å²) in [5.41, 5.74) is -0.256. The van der Waals surface area contributed by atoms with E-state index in [0.717, 1.165) is 6.42 Å². The Morgan fingerprint density at radius 3 is 2.31 bits per heavy atom. The lowest BCUT2D eigenvalue weighted by Crippen LogP contribution is -2.40. The van der Waals surface area contributed by atoms with E-state index in [2.05, 4.69) is 5.32 Å². The molecule has 0 heterocycles. The number of allylic oxidation sites excluding steroid dienone is 1. The van der Waals surface area contributed by atoms with E-state index in [-0.39, 0.29) is 12.5 Å². The highest BCUT2D eigenvalue weighted by Gasteiger charge is 2.31. The highest BCUT2D eigenvalue weighted by molar-refractivity contribution is 5.93. The summed E-state index contributed by atoms with van der Waals surface area (Å²) in [5, 5.41) is 11.7. The van der Waals surface area contributed by atoms with Gasteiger partial charge in [-0.05, 0) is 26.7 Å². The van der Waals surface area contributed by atoms with Crippen molar-refractivity contribution in [2.75, 3.05) is 6.54 Å². The van der Waals surface area contributed by atoms with Crippen LogP contribution in [0.2, 0.25) is 0 Å². The molecule has 1 unspecified atom stereocenters. The molecule has 2 N–H and O–H groups in total. The summed E-state index contributed by atoms with van der Waals surface area (Å²) in [6, 6.07) is 0. The number of carbonyl (C=O) groups is 2. The van der Waals surface area contributed by atoms with Gasteiger partial charge in [0.25, 0.3) is 0 Å². The second kappa shape index (κ2) is 6.30. The summed E-state index contributed by atoms with van der Waals surface area (Å²) in [7, 11) is 0. The molecule has 4 nitrogen and oxygen atoms in total. The minimum atomic E-state index is -0.887. The first-order chi connectivity index (χ1) is 7.37. The fourth-order valence-corrected chi connectivity index (χ4v) is 1.17. The molecule has 0 aromatic heterocycles. The van der Waals surface area contributed by atoms with Crippen molar-refractivity contribution in [1.82, 2.24) is 5.32 Å². The van der Waals surface area contributed by atoms with Gasteiger partial charge < -0.3 is 10.4 Å². The van der Waals surface area contributed by atoms with Crippen molar-refractivity contribution in [1.29, 1.82) is 0 Å². The lowest BCUT2D eigenvalue weighted by atomic mass is 9.87. The molecule has 1 amide bonds. The molecule has 0 rings (SSSR count). The molecule has 0 bridgehead atoms. The summed E-state index contributed by atoms with van der Waals surface area (Å²) in [5.74, 6) is -1.07. The normalized spacial score (nSPS) is 15.4. The van der Waals surface area contributed by atoms with Crippen LogP contribution in [0.15, 0.2) is 11.6 Å². The second-order valence-electron chi connectivity index (χ2n) is 4.20. The summed E-state index contributed by atoms with van der Waals surface area (Å²) in [4.78, 5) is 22.5. The fourth-order valence-electron chi connectivity index (χ4n) is 1.17. The van der Waals surface area contributed by atoms with E-state index in [1.54, 1.807) is 20.8 Å². The van der Waals surface area contributed by atoms with Crippen molar-refractivity contribution in [2.24, 2.45) is 5.41 Å². The first-order valence-corrected chi connectivity index (χ1v) is 5.55. The average Bonchev–Trinajstić information content (AvgIpc) is 2.25. The molecule has 0 spiro atoms. The van der Waals surface area contributed by atoms with E-state index in [0.29, 0.717) is 12.0 Å². The second-order valence-corrected chi connectivity index (χ2v) is 4.20. The summed E-state index contributed by atoms with van der Waals surface area (Å²) >= 11 is 0. The predicted molar refractivity (Wildman–Crippen MR) is 63.1 cm³/mol. The van der Waals surface area contributed by atoms with Gasteiger partial charge in [-0.15, -0.1) is 0 Å². The molecule has 0 fully saturated rings. The zero-order chi connectivity index (χ0) is 12.8. The number of carbonyl (C=O) groups excluding carboxylic acids is 1. The van der Waals surface area contributed by atoms with E-state index >= 15 is 0 Å². The van der Waals surface area contributed by atoms with E-state index in [1.165, 1.54) is 0 Å². The van der Waals surface area contributed by atoms with Crippen LogP contribution >= 0.6 is 0 Å². The van der Waals surface area contributed by atoms with E-state index in [1.807, 2.05) is 13.0 Å². The number of rotatable bonds is 6. The fraction of sp³-hybridized carbons (Fsp3) is 0.667. The topological polar surface area (TPSA) is 66.4 Å². The van der Waals surface area contributed by atoms with Gasteiger partial charge in [-0.3, -0.25) is 9.59 Å². The van der Waals surface area contributed by atoms with Crippen LogP contribution in [-0.2, 0) is 9.59 Å². The van der Waals surface area contributed by atoms with E-state index in [4.69, 9.17) is 5.11 Å². The number of hydrogen-bond donors (Lipinski definition) is 2. The Hall–Kier alpha value is -1.32. The lowest BCUT2D eigenvalue weighted by molar-refractivity contribution is -0.148. The van der Waals surface area contributed by atoms with Crippen LogP contribution in [0, 0.1) is 5.41 Å². The van der Waals surface area contributed by atoms with Gasteiger partial charge >= 0.3 is 5.97 Å². The maximum atomic E-state index is 11.5. The molecular formula is C12H21NO3. The van der Waals surface area contributed by atoms with Crippen LogP contribution in [0.3, 0.4) is 0 Å². The maximum Gasteiger partial charge on any atom is 0.311 e. The van der Waals surface area contributed by atoms with Crippen molar-refractivity contribution >= 4 is 11.9 Å². The molecule has 4 heteroatoms. The number of aliphatic carboxylic acids is 1. The Kier molecular flexibility index (Phi) is 5.78. The molecule has 0 radical (unpaired) electrons. The minimum absolute atomic E-state index is 0.159. The quantitative estimate of drug-likeness (QED) is 0.682. The highest BCUT2D eigenvalue weighted by atomic mass is 16.4. The first kappa shape index (κ1) is 14.7. The Bertz CT molecular complexity index is 297. The molecule has 92 valence electrons.